The Morgan fingerprint density at radius 3 is 1.73 bits per heavy atom. The van der Waals surface area contributed by atoms with Gasteiger partial charge in [0, 0.05) is 4.90 Å². The van der Waals surface area contributed by atoms with Gasteiger partial charge in [-0.2, -0.15) is 0 Å². The van der Waals surface area contributed by atoms with Gasteiger partial charge in [-0.3, -0.25) is 0 Å². The average molecular weight is 218 g/mol. The summed E-state index contributed by atoms with van der Waals surface area (Å²) in [5.41, 5.74) is 1.32. The zero-order chi connectivity index (χ0) is 11.1. The number of hydrogen-bond donors (Lipinski definition) is 2. The van der Waals surface area contributed by atoms with Gasteiger partial charge in [0.1, 0.15) is 5.75 Å². The van der Waals surface area contributed by atoms with Crippen LogP contribution in [-0.2, 0) is 0 Å². The van der Waals surface area contributed by atoms with Crippen molar-refractivity contribution in [1.29, 1.82) is 0 Å². The van der Waals surface area contributed by atoms with Gasteiger partial charge in [0.2, 0.25) is 0 Å². The molecule has 2 aromatic carbocycles. The largest absolute Gasteiger partial charge is 0.508 e. The van der Waals surface area contributed by atoms with Gasteiger partial charge in [0.25, 0.3) is 0 Å². The van der Waals surface area contributed by atoms with Crippen molar-refractivity contribution < 1.29 is 5.11 Å². The van der Waals surface area contributed by atoms with E-state index in [-0.39, 0.29) is 5.75 Å². The maximum atomic E-state index is 8.72. The van der Waals surface area contributed by atoms with Gasteiger partial charge in [-0.05, 0) is 31.2 Å². The van der Waals surface area contributed by atoms with E-state index in [0.29, 0.717) is 0 Å². The molecule has 0 atom stereocenters. The quantitative estimate of drug-likeness (QED) is 0.646. The molecule has 0 aromatic heterocycles. The van der Waals surface area contributed by atoms with Crippen LogP contribution in [0, 0.1) is 6.92 Å². The first-order valence-corrected chi connectivity index (χ1v) is 5.13. The van der Waals surface area contributed by atoms with Crippen LogP contribution in [0.5, 0.6) is 5.75 Å². The van der Waals surface area contributed by atoms with Gasteiger partial charge in [-0.25, -0.2) is 0 Å². The fourth-order valence-corrected chi connectivity index (χ4v) is 1.14. The zero-order valence-corrected chi connectivity index (χ0v) is 9.49. The van der Waals surface area contributed by atoms with Crippen molar-refractivity contribution in [2.24, 2.45) is 0 Å². The minimum absolute atomic E-state index is 0.280. The molecule has 0 heterocycles. The Balaban J connectivity index is 0.000000151. The number of phenolic OH excluding ortho intramolecular Hbond substituents is 1. The second-order valence-electron chi connectivity index (χ2n) is 3.17. The lowest BCUT2D eigenvalue weighted by molar-refractivity contribution is 0.475. The smallest absolute Gasteiger partial charge is 0.115 e. The first-order valence-electron chi connectivity index (χ1n) is 4.68. The van der Waals surface area contributed by atoms with Crippen molar-refractivity contribution in [3.05, 3.63) is 60.2 Å². The predicted octanol–water partition coefficient (Wildman–Crippen LogP) is 3.68. The SMILES string of the molecule is Cc1ccccc1.Oc1ccc(S)cc1. The molecule has 0 saturated heterocycles. The Bertz CT molecular complexity index is 360. The Labute approximate surface area is 95.8 Å². The van der Waals surface area contributed by atoms with E-state index in [9.17, 15) is 0 Å². The van der Waals surface area contributed by atoms with E-state index < -0.39 is 0 Å². The molecule has 78 valence electrons. The highest BCUT2D eigenvalue weighted by atomic mass is 32.1. The summed E-state index contributed by atoms with van der Waals surface area (Å²) < 4.78 is 0. The fraction of sp³-hybridized carbons (Fsp3) is 0.0769. The fourth-order valence-electron chi connectivity index (χ4n) is 0.987. The Morgan fingerprint density at radius 1 is 0.867 bits per heavy atom. The van der Waals surface area contributed by atoms with Gasteiger partial charge in [-0.15, -0.1) is 12.6 Å². The van der Waals surface area contributed by atoms with Crippen LogP contribution >= 0.6 is 12.6 Å². The Morgan fingerprint density at radius 2 is 1.40 bits per heavy atom. The highest BCUT2D eigenvalue weighted by Gasteiger charge is 1.82. The third kappa shape index (κ3) is 5.13. The summed E-state index contributed by atoms with van der Waals surface area (Å²) in [4.78, 5) is 0.864. The number of rotatable bonds is 0. The molecule has 2 heteroatoms. The molecule has 0 amide bonds. The Kier molecular flexibility index (Phi) is 4.78. The number of benzene rings is 2. The number of thiol groups is 1. The van der Waals surface area contributed by atoms with Crippen LogP contribution in [0.1, 0.15) is 5.56 Å². The summed E-state index contributed by atoms with van der Waals surface area (Å²) in [6, 6.07) is 16.9. The van der Waals surface area contributed by atoms with Gasteiger partial charge in [0.15, 0.2) is 0 Å². The van der Waals surface area contributed by atoms with Crippen molar-refractivity contribution >= 4 is 12.6 Å². The molecule has 0 unspecified atom stereocenters. The number of aromatic hydroxyl groups is 1. The normalized spacial score (nSPS) is 8.93. The molecule has 0 aliphatic carbocycles. The zero-order valence-electron chi connectivity index (χ0n) is 8.59. The summed E-state index contributed by atoms with van der Waals surface area (Å²) in [5, 5.41) is 8.72. The van der Waals surface area contributed by atoms with E-state index in [0.717, 1.165) is 4.90 Å². The van der Waals surface area contributed by atoms with Crippen LogP contribution in [0.25, 0.3) is 0 Å². The molecule has 2 rings (SSSR count). The van der Waals surface area contributed by atoms with E-state index in [1.54, 1.807) is 24.3 Å². The molecule has 0 fully saturated rings. The lowest BCUT2D eigenvalue weighted by Gasteiger charge is -1.88. The average Bonchev–Trinajstić information content (AvgIpc) is 2.25. The topological polar surface area (TPSA) is 20.2 Å². The van der Waals surface area contributed by atoms with E-state index in [2.05, 4.69) is 31.7 Å². The molecule has 2 aromatic rings. The summed E-state index contributed by atoms with van der Waals surface area (Å²) >= 11 is 4.02. The van der Waals surface area contributed by atoms with E-state index in [1.165, 1.54) is 5.56 Å². The molecule has 1 N–H and O–H groups in total. The highest BCUT2D eigenvalue weighted by Crippen LogP contribution is 2.11. The van der Waals surface area contributed by atoms with Gasteiger partial charge in [0.05, 0.1) is 0 Å². The lowest BCUT2D eigenvalue weighted by Crippen LogP contribution is -1.62. The molecule has 0 spiro atoms. The van der Waals surface area contributed by atoms with Crippen LogP contribution in [0.3, 0.4) is 0 Å². The second kappa shape index (κ2) is 6.14. The third-order valence-electron chi connectivity index (χ3n) is 1.79. The number of hydrogen-bond acceptors (Lipinski definition) is 2. The van der Waals surface area contributed by atoms with Crippen molar-refractivity contribution in [2.75, 3.05) is 0 Å². The molecule has 15 heavy (non-hydrogen) atoms. The molecular formula is C13H14OS. The summed E-state index contributed by atoms with van der Waals surface area (Å²) in [6.07, 6.45) is 0. The minimum atomic E-state index is 0.280. The molecular weight excluding hydrogens is 204 g/mol. The predicted molar refractivity (Wildman–Crippen MR) is 66.5 cm³/mol. The van der Waals surface area contributed by atoms with Crippen LogP contribution in [-0.4, -0.2) is 5.11 Å². The van der Waals surface area contributed by atoms with Crippen LogP contribution in [0.4, 0.5) is 0 Å². The minimum Gasteiger partial charge on any atom is -0.508 e. The lowest BCUT2D eigenvalue weighted by atomic mass is 10.2. The van der Waals surface area contributed by atoms with E-state index >= 15 is 0 Å². The number of phenols is 1. The van der Waals surface area contributed by atoms with Crippen LogP contribution < -0.4 is 0 Å². The van der Waals surface area contributed by atoms with Crippen molar-refractivity contribution in [3.63, 3.8) is 0 Å². The van der Waals surface area contributed by atoms with Crippen molar-refractivity contribution in [2.45, 2.75) is 11.8 Å². The Hall–Kier alpha value is -1.41. The first-order chi connectivity index (χ1) is 7.18. The molecule has 0 radical (unpaired) electrons. The second-order valence-corrected chi connectivity index (χ2v) is 3.69. The van der Waals surface area contributed by atoms with Gasteiger partial charge in [-0.1, -0.05) is 35.9 Å². The number of aryl methyl sites for hydroxylation is 1. The van der Waals surface area contributed by atoms with Gasteiger partial charge >= 0.3 is 0 Å². The van der Waals surface area contributed by atoms with Gasteiger partial charge < -0.3 is 5.11 Å². The van der Waals surface area contributed by atoms with E-state index in [4.69, 9.17) is 5.11 Å². The van der Waals surface area contributed by atoms with E-state index in [1.807, 2.05) is 18.2 Å². The van der Waals surface area contributed by atoms with Crippen molar-refractivity contribution in [1.82, 2.24) is 0 Å². The summed E-state index contributed by atoms with van der Waals surface area (Å²) in [5.74, 6) is 0.280. The van der Waals surface area contributed by atoms with Crippen LogP contribution in [0.15, 0.2) is 59.5 Å². The van der Waals surface area contributed by atoms with Crippen LogP contribution in [0.2, 0.25) is 0 Å². The molecule has 0 aliphatic heterocycles. The monoisotopic (exact) mass is 218 g/mol. The van der Waals surface area contributed by atoms with Crippen molar-refractivity contribution in [3.8, 4) is 5.75 Å². The molecule has 0 aliphatic rings. The first kappa shape index (κ1) is 11.7. The summed E-state index contributed by atoms with van der Waals surface area (Å²) in [7, 11) is 0. The maximum Gasteiger partial charge on any atom is 0.115 e. The molecule has 0 bridgehead atoms. The maximum absolute atomic E-state index is 8.72. The molecule has 0 saturated carbocycles. The highest BCUT2D eigenvalue weighted by molar-refractivity contribution is 7.80. The third-order valence-corrected chi connectivity index (χ3v) is 2.09. The standard InChI is InChI=1S/C7H8.C6H6OS/c1-7-5-3-2-4-6-7;7-5-1-3-6(8)4-2-5/h2-6H,1H3;1-4,7-8H. The molecule has 1 nitrogen and oxygen atoms in total. The summed E-state index contributed by atoms with van der Waals surface area (Å²) in [6.45, 7) is 2.08.